The average Bonchev–Trinajstić information content (AvgIpc) is 1.51. The molecule has 5 aliphatic rings. The maximum absolute atomic E-state index is 15.6. The molecule has 2 bridgehead atoms. The highest BCUT2D eigenvalue weighted by atomic mass is 16.5. The molecular weight excluding hydrogens is 1120 g/mol. The van der Waals surface area contributed by atoms with Crippen molar-refractivity contribution in [2.75, 3.05) is 33.5 Å². The number of phenols is 3. The van der Waals surface area contributed by atoms with Gasteiger partial charge in [-0.05, 0) is 182 Å². The minimum atomic E-state index is -0.906. The molecule has 1 aliphatic heterocycles. The van der Waals surface area contributed by atoms with Crippen LogP contribution in [0, 0.1) is 52.8 Å². The molecule has 17 heteroatoms. The molecule has 1 spiro atoms. The van der Waals surface area contributed by atoms with E-state index in [2.05, 4.69) is 43.8 Å². The Labute approximate surface area is 511 Å². The molecule has 0 radical (unpaired) electrons. The van der Waals surface area contributed by atoms with Crippen LogP contribution in [0.5, 0.6) is 28.7 Å². The summed E-state index contributed by atoms with van der Waals surface area (Å²) in [5.74, 6) is 3.46. The molecule has 12 unspecified atom stereocenters. The van der Waals surface area contributed by atoms with Crippen LogP contribution in [0.2, 0.25) is 0 Å². The van der Waals surface area contributed by atoms with Crippen molar-refractivity contribution in [3.8, 4) is 51.8 Å². The first kappa shape index (κ1) is 60.4. The van der Waals surface area contributed by atoms with Crippen molar-refractivity contribution in [1.29, 1.82) is 0 Å². The molecule has 12 atom stereocenters. The third-order valence-corrected chi connectivity index (χ3v) is 20.4. The second-order valence-electron chi connectivity index (χ2n) is 25.6. The highest BCUT2D eigenvalue weighted by molar-refractivity contribution is 5.95. The van der Waals surface area contributed by atoms with Crippen molar-refractivity contribution < 1.29 is 64.3 Å². The smallest absolute Gasteiger partial charge is 0.318 e. The number of β-amino-alcohol motifs (C(OH)–C–C–N with tert-alkyl or cyclic N) is 1. The summed E-state index contributed by atoms with van der Waals surface area (Å²) in [7, 11) is 1.51. The van der Waals surface area contributed by atoms with Crippen LogP contribution in [-0.2, 0) is 38.5 Å². The number of aromatic nitrogens is 3. The standard InChI is InChI=1S/C71H80N4O13/c1-41(79)37-73-71(40-75-61-22-23-72-60(61)35-62(75)43-9-7-10-45(80)28-43)39-70(58(38-78)56(71)13-8-24-76)36-44-29-55-52-33-64(84)65(86-2)34-53(52)54(68(44)51-20-18-46(81)32-57(51)70)31-47(82)30-48(19-16-42-17-21-63(83)66(27-42)87-26-25-77)88-67(85)15-6-4-12-50-49-11-3-5-14-59(49)74-69(50)55/h3,5,7,9-11,14,17,21-23,27-29,33-35,38,41,44,46,48,51,54,56-58,68,72-74,76-77,79-81,83-84H,8,12-13,15-16,18-20,24-26,30-32,36-37,39-40H2,1-2H3. The van der Waals surface area contributed by atoms with Crippen LogP contribution < -0.4 is 14.8 Å². The van der Waals surface area contributed by atoms with Crippen LogP contribution >= 0.6 is 0 Å². The molecule has 88 heavy (non-hydrogen) atoms. The van der Waals surface area contributed by atoms with Gasteiger partial charge in [0, 0.05) is 78.7 Å². The summed E-state index contributed by atoms with van der Waals surface area (Å²) in [5, 5.41) is 82.0. The van der Waals surface area contributed by atoms with Gasteiger partial charge in [-0.1, -0.05) is 54.3 Å². The molecule has 4 aromatic carbocycles. The Bertz CT molecular complexity index is 3830. The number of hydrogen-bond acceptors (Lipinski definition) is 14. The van der Waals surface area contributed by atoms with Crippen molar-refractivity contribution in [1.82, 2.24) is 19.9 Å². The zero-order valence-corrected chi connectivity index (χ0v) is 49.9. The summed E-state index contributed by atoms with van der Waals surface area (Å²) in [6.45, 7) is 1.92. The van der Waals surface area contributed by atoms with Gasteiger partial charge < -0.3 is 74.6 Å². The van der Waals surface area contributed by atoms with E-state index in [9.17, 15) is 45.3 Å². The first-order valence-corrected chi connectivity index (χ1v) is 31.2. The lowest BCUT2D eigenvalue weighted by molar-refractivity contribution is -0.149. The fourth-order valence-electron chi connectivity index (χ4n) is 17.0. The zero-order valence-electron chi connectivity index (χ0n) is 49.9. The van der Waals surface area contributed by atoms with Gasteiger partial charge in [-0.25, -0.2) is 0 Å². The summed E-state index contributed by atoms with van der Waals surface area (Å²) in [6, 6.07) is 27.8. The van der Waals surface area contributed by atoms with Gasteiger partial charge >= 0.3 is 5.97 Å². The topological polar surface area (TPSA) is 269 Å². The summed E-state index contributed by atoms with van der Waals surface area (Å²) < 4.78 is 20.0. The van der Waals surface area contributed by atoms with E-state index in [0.717, 1.165) is 67.4 Å². The van der Waals surface area contributed by atoms with Crippen molar-refractivity contribution in [2.45, 2.75) is 127 Å². The Hall–Kier alpha value is -7.85. The van der Waals surface area contributed by atoms with Crippen LogP contribution in [0.3, 0.4) is 0 Å². The van der Waals surface area contributed by atoms with Crippen molar-refractivity contribution in [2.24, 2.45) is 40.9 Å². The van der Waals surface area contributed by atoms with Gasteiger partial charge in [0.1, 0.15) is 37.0 Å². The number of allylic oxidation sites excluding steroid dienone is 1. The molecule has 12 rings (SSSR count). The summed E-state index contributed by atoms with van der Waals surface area (Å²) in [6.07, 6.45) is 6.83. The highest BCUT2D eigenvalue weighted by Gasteiger charge is 2.68. The number of nitrogens with one attached hydrogen (secondary N) is 3. The number of hydrogen-bond donors (Lipinski definition) is 10. The van der Waals surface area contributed by atoms with Gasteiger partial charge in [0.15, 0.2) is 23.0 Å². The van der Waals surface area contributed by atoms with Gasteiger partial charge in [-0.15, -0.1) is 0 Å². The first-order chi connectivity index (χ1) is 42.6. The number of H-pyrrole nitrogens is 2. The van der Waals surface area contributed by atoms with Crippen molar-refractivity contribution in [3.63, 3.8) is 0 Å². The number of nitrogens with zero attached hydrogens (tertiary/aromatic N) is 1. The Kier molecular flexibility index (Phi) is 17.4. The Morgan fingerprint density at radius 1 is 0.909 bits per heavy atom. The molecule has 7 aromatic rings. The van der Waals surface area contributed by atoms with Gasteiger partial charge in [0.05, 0.1) is 48.3 Å². The number of rotatable bonds is 17. The number of para-hydroxylation sites is 1. The number of ketones is 1. The number of methoxy groups -OCH3 is 1. The number of fused-ring (bicyclic) bond motifs is 10. The fourth-order valence-corrected chi connectivity index (χ4v) is 17.0. The molecule has 17 nitrogen and oxygen atoms in total. The molecule has 4 heterocycles. The van der Waals surface area contributed by atoms with Crippen LogP contribution in [0.1, 0.15) is 111 Å². The number of aromatic amines is 2. The van der Waals surface area contributed by atoms with Gasteiger partial charge in [-0.2, -0.15) is 0 Å². The van der Waals surface area contributed by atoms with Crippen molar-refractivity contribution in [3.05, 3.63) is 131 Å². The quantitative estimate of drug-likeness (QED) is 0.0231. The van der Waals surface area contributed by atoms with Gasteiger partial charge in [-0.3, -0.25) is 9.59 Å². The monoisotopic (exact) mass is 1200 g/mol. The lowest BCUT2D eigenvalue weighted by Crippen LogP contribution is -2.56. The molecule has 10 N–H and O–H groups in total. The van der Waals surface area contributed by atoms with E-state index < -0.39 is 47.1 Å². The highest BCUT2D eigenvalue weighted by Crippen LogP contribution is 2.70. The number of carbonyl (C=O) groups is 3. The number of ether oxygens (including phenoxy) is 3. The number of aliphatic hydroxyl groups excluding tert-OH is 4. The molecule has 462 valence electrons. The Morgan fingerprint density at radius 2 is 1.75 bits per heavy atom. The molecule has 3 aromatic heterocycles. The first-order valence-electron chi connectivity index (χ1n) is 31.2. The number of aldehydes is 1. The summed E-state index contributed by atoms with van der Waals surface area (Å²) >= 11 is 0. The number of cyclic esters (lactones) is 1. The van der Waals surface area contributed by atoms with Crippen LogP contribution in [0.25, 0.3) is 38.8 Å². The number of benzene rings is 4. The third-order valence-electron chi connectivity index (χ3n) is 20.4. The van der Waals surface area contributed by atoms with E-state index in [1.807, 2.05) is 54.7 Å². The minimum Gasteiger partial charge on any atom is -0.508 e. The number of aromatic hydroxyl groups is 3. The minimum absolute atomic E-state index is 0.0159. The zero-order chi connectivity index (χ0) is 61.4. The number of phenolic OH excluding ortho intramolecular Hbond substituents is 3. The number of Topliss-reactive ketones (excluding diaryl/α,β-unsaturated/α-hetero) is 1. The van der Waals surface area contributed by atoms with Crippen LogP contribution in [0.15, 0.2) is 103 Å². The van der Waals surface area contributed by atoms with E-state index in [0.29, 0.717) is 63.5 Å². The molecule has 0 saturated heterocycles. The van der Waals surface area contributed by atoms with Gasteiger partial charge in [0.25, 0.3) is 0 Å². The van der Waals surface area contributed by atoms with E-state index in [1.165, 1.54) is 13.2 Å². The SMILES string of the molecule is COc1cc2c(cc1O)C1=CC3CC4(CC(Cn5c(-c6cccc(O)c6)cc6[nH]ccc65)(NCC(C)O)C(CCCO)C4C=O)C4CC(O)CCC4C3C2CC(=O)CC(CCc2ccc(O)c(OCCO)c2)OC(=O)CC#CCc2c1[nH]c1ccccc21. The molecular formula is C71H80N4O13. The predicted molar refractivity (Wildman–Crippen MR) is 333 cm³/mol. The third kappa shape index (κ3) is 11.5. The second kappa shape index (κ2) is 25.3. The van der Waals surface area contributed by atoms with E-state index in [4.69, 9.17) is 14.2 Å². The normalized spacial score (nSPS) is 27.3. The number of aliphatic hydroxyl groups is 4. The van der Waals surface area contributed by atoms with E-state index in [1.54, 1.807) is 37.3 Å². The summed E-state index contributed by atoms with van der Waals surface area (Å²) in [5.41, 5.74) is 7.29. The van der Waals surface area contributed by atoms with E-state index in [-0.39, 0.29) is 123 Å². The Balaban J connectivity index is 1.05. The number of carbonyl (C=O) groups excluding carboxylic acids is 3. The average molecular weight is 1200 g/mol. The van der Waals surface area contributed by atoms with Crippen molar-refractivity contribution >= 4 is 45.5 Å². The maximum Gasteiger partial charge on any atom is 0.318 e. The molecule has 0 amide bonds. The Morgan fingerprint density at radius 3 is 2.55 bits per heavy atom. The fraction of sp³-hybridized carbons (Fsp3) is 0.451. The maximum atomic E-state index is 15.6. The number of aryl methyl sites for hydroxylation is 1. The lowest BCUT2D eigenvalue weighted by Gasteiger charge is -2.58. The number of esters is 1. The predicted octanol–water partition coefficient (Wildman–Crippen LogP) is 9.40. The van der Waals surface area contributed by atoms with Gasteiger partial charge in [0.2, 0.25) is 0 Å². The van der Waals surface area contributed by atoms with Crippen LogP contribution in [0.4, 0.5) is 0 Å². The van der Waals surface area contributed by atoms with E-state index >= 15 is 4.79 Å². The lowest BCUT2D eigenvalue weighted by atomic mass is 9.46. The molecule has 3 saturated carbocycles. The molecule has 3 fully saturated rings. The van der Waals surface area contributed by atoms with Crippen LogP contribution in [-0.4, -0.2) is 126 Å². The second-order valence-corrected chi connectivity index (χ2v) is 25.6. The molecule has 4 aliphatic carbocycles. The largest absolute Gasteiger partial charge is 0.508 e. The summed E-state index contributed by atoms with van der Waals surface area (Å²) in [4.78, 5) is 51.6.